The molecular weight excluding hydrogens is 356 g/mol. The Balaban J connectivity index is 1.50. The molecule has 3 rings (SSSR count). The number of para-hydroxylation sites is 2. The minimum atomic E-state index is -0.105. The van der Waals surface area contributed by atoms with Crippen molar-refractivity contribution in [2.45, 2.75) is 33.1 Å². The topological polar surface area (TPSA) is 72.0 Å². The zero-order valence-corrected chi connectivity index (χ0v) is 17.2. The summed E-state index contributed by atoms with van der Waals surface area (Å²) in [7, 11) is 0. The maximum absolute atomic E-state index is 12.4. The van der Waals surface area contributed by atoms with Gasteiger partial charge in [-0.2, -0.15) is 0 Å². The number of hydrogen-bond acceptors (Lipinski definition) is 5. The summed E-state index contributed by atoms with van der Waals surface area (Å²) < 4.78 is 11.0. The average Bonchev–Trinajstić information content (AvgIpc) is 3.12. The Kier molecular flexibility index (Phi) is 6.24. The molecule has 0 radical (unpaired) electrons. The zero-order chi connectivity index (χ0) is 20.1. The molecule has 2 aromatic rings. The number of piperazine rings is 1. The molecule has 0 aliphatic carbocycles. The maximum atomic E-state index is 12.4. The highest BCUT2D eigenvalue weighted by Crippen LogP contribution is 2.27. The van der Waals surface area contributed by atoms with Crippen LogP contribution in [0.5, 0.6) is 5.75 Å². The summed E-state index contributed by atoms with van der Waals surface area (Å²) in [5.41, 5.74) is 1.85. The van der Waals surface area contributed by atoms with Crippen LogP contribution in [0.4, 0.5) is 11.6 Å². The van der Waals surface area contributed by atoms with Gasteiger partial charge in [-0.25, -0.2) is 0 Å². The molecule has 0 spiro atoms. The van der Waals surface area contributed by atoms with E-state index in [9.17, 15) is 4.79 Å². The molecule has 28 heavy (non-hydrogen) atoms. The van der Waals surface area contributed by atoms with Gasteiger partial charge in [0.15, 0.2) is 6.54 Å². The van der Waals surface area contributed by atoms with Gasteiger partial charge in [-0.1, -0.05) is 38.1 Å². The van der Waals surface area contributed by atoms with Crippen molar-refractivity contribution in [1.82, 2.24) is 5.16 Å². The number of rotatable bonds is 6. The van der Waals surface area contributed by atoms with E-state index in [4.69, 9.17) is 9.26 Å². The molecule has 7 nitrogen and oxygen atoms in total. The maximum Gasteiger partial charge on any atom is 0.281 e. The van der Waals surface area contributed by atoms with E-state index in [1.165, 1.54) is 4.90 Å². The zero-order valence-electron chi connectivity index (χ0n) is 17.2. The number of nitrogens with one attached hydrogen (secondary N) is 2. The van der Waals surface area contributed by atoms with Gasteiger partial charge in [0, 0.05) is 11.5 Å². The first-order valence-corrected chi connectivity index (χ1v) is 9.94. The van der Waals surface area contributed by atoms with Crippen LogP contribution in [-0.4, -0.2) is 50.4 Å². The van der Waals surface area contributed by atoms with Crippen LogP contribution in [0.3, 0.4) is 0 Å². The molecule has 1 amide bonds. The Bertz CT molecular complexity index is 789. The molecule has 2 heterocycles. The van der Waals surface area contributed by atoms with Crippen molar-refractivity contribution in [2.24, 2.45) is 0 Å². The fraction of sp³-hybridized carbons (Fsp3) is 0.524. The Morgan fingerprint density at radius 1 is 1.29 bits per heavy atom. The molecule has 0 bridgehead atoms. The Morgan fingerprint density at radius 2 is 2.00 bits per heavy atom. The number of aromatic nitrogens is 1. The average molecular weight is 388 g/mol. The van der Waals surface area contributed by atoms with Gasteiger partial charge >= 0.3 is 0 Å². The number of quaternary nitrogens is 1. The van der Waals surface area contributed by atoms with Gasteiger partial charge < -0.3 is 19.1 Å². The first-order valence-electron chi connectivity index (χ1n) is 9.94. The van der Waals surface area contributed by atoms with E-state index in [0.717, 1.165) is 43.3 Å². The van der Waals surface area contributed by atoms with Crippen LogP contribution in [-0.2, 0) is 10.2 Å². The molecule has 2 N–H and O–H groups in total. The second-order valence-corrected chi connectivity index (χ2v) is 8.19. The molecule has 7 heteroatoms. The number of hydrogen-bond donors (Lipinski definition) is 2. The van der Waals surface area contributed by atoms with Gasteiger partial charge in [0.25, 0.3) is 5.91 Å². The van der Waals surface area contributed by atoms with Crippen LogP contribution >= 0.6 is 0 Å². The van der Waals surface area contributed by atoms with E-state index < -0.39 is 0 Å². The van der Waals surface area contributed by atoms with Crippen LogP contribution < -0.4 is 19.9 Å². The summed E-state index contributed by atoms with van der Waals surface area (Å²) in [6.45, 7) is 12.8. The van der Waals surface area contributed by atoms with Gasteiger partial charge in [-0.05, 0) is 19.1 Å². The number of nitrogens with zero attached hydrogens (tertiary/aromatic N) is 2. The lowest BCUT2D eigenvalue weighted by Gasteiger charge is -2.34. The summed E-state index contributed by atoms with van der Waals surface area (Å²) in [4.78, 5) is 16.0. The summed E-state index contributed by atoms with van der Waals surface area (Å²) in [6.07, 6.45) is 0. The second kappa shape index (κ2) is 8.65. The van der Waals surface area contributed by atoms with Crippen molar-refractivity contribution >= 4 is 17.5 Å². The summed E-state index contributed by atoms with van der Waals surface area (Å²) in [5.74, 6) is 1.29. The third-order valence-electron chi connectivity index (χ3n) is 4.93. The Hall–Kier alpha value is -2.54. The van der Waals surface area contributed by atoms with E-state index in [0.29, 0.717) is 19.0 Å². The van der Waals surface area contributed by atoms with Crippen LogP contribution in [0.15, 0.2) is 34.9 Å². The molecule has 1 aliphatic rings. The van der Waals surface area contributed by atoms with E-state index in [-0.39, 0.29) is 11.3 Å². The minimum absolute atomic E-state index is 0.0465. The number of anilines is 2. The molecular formula is C21H31N4O3+. The largest absolute Gasteiger partial charge is 0.492 e. The van der Waals surface area contributed by atoms with E-state index in [2.05, 4.69) is 42.2 Å². The van der Waals surface area contributed by atoms with Crippen molar-refractivity contribution < 1.29 is 19.0 Å². The minimum Gasteiger partial charge on any atom is -0.492 e. The van der Waals surface area contributed by atoms with Crippen molar-refractivity contribution in [1.29, 1.82) is 0 Å². The smallest absolute Gasteiger partial charge is 0.281 e. The van der Waals surface area contributed by atoms with Gasteiger partial charge in [0.1, 0.15) is 5.75 Å². The van der Waals surface area contributed by atoms with Gasteiger partial charge in [0.05, 0.1) is 44.2 Å². The van der Waals surface area contributed by atoms with E-state index in [1.807, 2.05) is 25.1 Å². The first kappa shape index (κ1) is 20.2. The number of amides is 1. The normalized spacial score (nSPS) is 15.5. The molecule has 1 fully saturated rings. The predicted molar refractivity (Wildman–Crippen MR) is 109 cm³/mol. The highest BCUT2D eigenvalue weighted by atomic mass is 16.5. The quantitative estimate of drug-likeness (QED) is 0.790. The van der Waals surface area contributed by atoms with Crippen molar-refractivity contribution in [3.8, 4) is 5.75 Å². The predicted octanol–water partition coefficient (Wildman–Crippen LogP) is 1.71. The van der Waals surface area contributed by atoms with Crippen LogP contribution in [0.25, 0.3) is 0 Å². The highest BCUT2D eigenvalue weighted by molar-refractivity contribution is 5.90. The van der Waals surface area contributed by atoms with Gasteiger partial charge in [-0.15, -0.1) is 0 Å². The monoisotopic (exact) mass is 387 g/mol. The fourth-order valence-corrected chi connectivity index (χ4v) is 3.33. The lowest BCUT2D eigenvalue weighted by Crippen LogP contribution is -3.15. The van der Waals surface area contributed by atoms with Crippen LogP contribution in [0, 0.1) is 0 Å². The Labute approximate surface area is 166 Å². The molecule has 0 unspecified atom stereocenters. The molecule has 0 atom stereocenters. The van der Waals surface area contributed by atoms with Crippen LogP contribution in [0.1, 0.15) is 33.4 Å². The lowest BCUT2D eigenvalue weighted by atomic mass is 9.92. The molecule has 0 saturated carbocycles. The number of carbonyl (C=O) groups excluding carboxylic acids is 1. The molecule has 152 valence electrons. The molecule has 1 aromatic carbocycles. The standard InChI is InChI=1S/C21H30N4O3/c1-5-27-17-9-7-6-8-16(17)25-12-10-24(11-13-25)15-19(26)22-20-14-18(23-28-20)21(2,3)4/h6-9,14H,5,10-13,15H2,1-4H3,(H,22,26)/p+1. The van der Waals surface area contributed by atoms with E-state index >= 15 is 0 Å². The summed E-state index contributed by atoms with van der Waals surface area (Å²) in [6, 6.07) is 9.94. The molecule has 1 aromatic heterocycles. The van der Waals surface area contributed by atoms with Crippen molar-refractivity contribution in [2.75, 3.05) is 49.5 Å². The first-order chi connectivity index (χ1) is 13.4. The third-order valence-corrected chi connectivity index (χ3v) is 4.93. The third kappa shape index (κ3) is 5.04. The second-order valence-electron chi connectivity index (χ2n) is 8.19. The summed E-state index contributed by atoms with van der Waals surface area (Å²) >= 11 is 0. The fourth-order valence-electron chi connectivity index (χ4n) is 3.33. The highest BCUT2D eigenvalue weighted by Gasteiger charge is 2.25. The van der Waals surface area contributed by atoms with Crippen molar-refractivity contribution in [3.05, 3.63) is 36.0 Å². The van der Waals surface area contributed by atoms with Gasteiger partial charge in [-0.3, -0.25) is 10.1 Å². The number of benzene rings is 1. The number of ether oxygens (including phenoxy) is 1. The van der Waals surface area contributed by atoms with Crippen molar-refractivity contribution in [3.63, 3.8) is 0 Å². The molecule has 1 saturated heterocycles. The lowest BCUT2D eigenvalue weighted by molar-refractivity contribution is -0.892. The Morgan fingerprint density at radius 3 is 2.64 bits per heavy atom. The SMILES string of the molecule is CCOc1ccccc1N1CC[NH+](CC(=O)Nc2cc(C(C)(C)C)no2)CC1. The van der Waals surface area contributed by atoms with Gasteiger partial charge in [0.2, 0.25) is 5.88 Å². The van der Waals surface area contributed by atoms with Crippen LogP contribution in [0.2, 0.25) is 0 Å². The van der Waals surface area contributed by atoms with E-state index in [1.54, 1.807) is 6.07 Å². The number of carbonyl (C=O) groups is 1. The summed E-state index contributed by atoms with van der Waals surface area (Å²) in [5, 5.41) is 6.87. The molecule has 1 aliphatic heterocycles.